The lowest BCUT2D eigenvalue weighted by atomic mass is 10.3. The molecule has 4 aromatic rings. The molecule has 10 heteroatoms. The molecule has 2 heterocycles. The number of thioether (sulfide) groups is 1. The van der Waals surface area contributed by atoms with Crippen LogP contribution in [-0.4, -0.2) is 48.5 Å². The van der Waals surface area contributed by atoms with Gasteiger partial charge in [0.2, 0.25) is 5.91 Å². The van der Waals surface area contributed by atoms with Crippen molar-refractivity contribution in [3.05, 3.63) is 67.0 Å². The topological polar surface area (TPSA) is 99.8 Å². The van der Waals surface area contributed by atoms with Crippen molar-refractivity contribution in [3.8, 4) is 5.75 Å². The van der Waals surface area contributed by atoms with E-state index in [0.717, 1.165) is 16.8 Å². The third kappa shape index (κ3) is 4.75. The molecule has 31 heavy (non-hydrogen) atoms. The summed E-state index contributed by atoms with van der Waals surface area (Å²) in [5.74, 6) is 1.52. The molecule has 158 valence electrons. The molecular weight excluding hydrogens is 414 g/mol. The second kappa shape index (κ2) is 9.43. The second-order valence-electron chi connectivity index (χ2n) is 6.60. The molecule has 2 aromatic heterocycles. The first-order valence-corrected chi connectivity index (χ1v) is 10.5. The lowest BCUT2D eigenvalue weighted by Gasteiger charge is -2.09. The molecule has 0 spiro atoms. The minimum atomic E-state index is -0.132. The van der Waals surface area contributed by atoms with Crippen molar-refractivity contribution in [1.29, 1.82) is 0 Å². The van der Waals surface area contributed by atoms with Crippen LogP contribution in [0.5, 0.6) is 5.75 Å². The average Bonchev–Trinajstić information content (AvgIpc) is 3.38. The predicted molar refractivity (Wildman–Crippen MR) is 119 cm³/mol. The number of anilines is 1. The number of carbonyl (C=O) groups excluding carboxylic acids is 1. The Morgan fingerprint density at radius 3 is 2.74 bits per heavy atom. The first-order chi connectivity index (χ1) is 15.2. The summed E-state index contributed by atoms with van der Waals surface area (Å²) in [5, 5.41) is 20.5. The minimum Gasteiger partial charge on any atom is -0.497 e. The highest BCUT2D eigenvalue weighted by atomic mass is 32.2. The highest BCUT2D eigenvalue weighted by molar-refractivity contribution is 7.99. The normalized spacial score (nSPS) is 10.9. The van der Waals surface area contributed by atoms with E-state index in [2.05, 4.69) is 32.4 Å². The number of rotatable bonds is 9. The molecule has 0 bridgehead atoms. The first kappa shape index (κ1) is 20.6. The number of nitrogens with one attached hydrogen (secondary N) is 1. The van der Waals surface area contributed by atoms with Crippen LogP contribution in [0.15, 0.2) is 66.3 Å². The van der Waals surface area contributed by atoms with Gasteiger partial charge >= 0.3 is 0 Å². The van der Waals surface area contributed by atoms with Crippen LogP contribution < -0.4 is 10.1 Å². The third-order valence-corrected chi connectivity index (χ3v) is 5.49. The number of allylic oxidation sites excluding steroid dienone is 1. The van der Waals surface area contributed by atoms with Crippen LogP contribution in [0.25, 0.3) is 11.0 Å². The van der Waals surface area contributed by atoms with Crippen molar-refractivity contribution in [3.63, 3.8) is 0 Å². The number of amides is 1. The Kier molecular flexibility index (Phi) is 6.27. The number of fused-ring (bicyclic) bond motifs is 1. The zero-order valence-corrected chi connectivity index (χ0v) is 17.7. The summed E-state index contributed by atoms with van der Waals surface area (Å²) in [6, 6.07) is 14.9. The number of hydrogen-bond acceptors (Lipinski definition) is 7. The van der Waals surface area contributed by atoms with Crippen LogP contribution >= 0.6 is 11.8 Å². The number of hydrogen-bond donors (Lipinski definition) is 1. The van der Waals surface area contributed by atoms with Crippen molar-refractivity contribution in [2.45, 2.75) is 18.2 Å². The molecule has 0 atom stereocenters. The summed E-state index contributed by atoms with van der Waals surface area (Å²) < 4.78 is 8.83. The van der Waals surface area contributed by atoms with E-state index >= 15 is 0 Å². The van der Waals surface area contributed by atoms with Crippen molar-refractivity contribution in [2.75, 3.05) is 18.2 Å². The van der Waals surface area contributed by atoms with E-state index in [1.165, 1.54) is 11.8 Å². The largest absolute Gasteiger partial charge is 0.497 e. The molecule has 0 radical (unpaired) electrons. The van der Waals surface area contributed by atoms with E-state index in [1.54, 1.807) is 42.1 Å². The Balaban J connectivity index is 1.44. The number of aromatic nitrogens is 6. The summed E-state index contributed by atoms with van der Waals surface area (Å²) in [5.41, 5.74) is 2.45. The fourth-order valence-corrected chi connectivity index (χ4v) is 3.79. The maximum Gasteiger partial charge on any atom is 0.234 e. The molecule has 0 fully saturated rings. The van der Waals surface area contributed by atoms with Crippen molar-refractivity contribution in [2.24, 2.45) is 0 Å². The fourth-order valence-electron chi connectivity index (χ4n) is 3.02. The van der Waals surface area contributed by atoms with Crippen LogP contribution in [0.4, 0.5) is 5.69 Å². The summed E-state index contributed by atoms with van der Waals surface area (Å²) in [4.78, 5) is 12.4. The monoisotopic (exact) mass is 435 g/mol. The van der Waals surface area contributed by atoms with Gasteiger partial charge in [-0.1, -0.05) is 35.2 Å². The van der Waals surface area contributed by atoms with Gasteiger partial charge in [0.15, 0.2) is 11.0 Å². The average molecular weight is 436 g/mol. The SMILES string of the molecule is C=CCn1c(Cn2nnc3ccccc32)nnc1SCC(=O)Nc1ccc(OC)cc1. The molecule has 0 unspecified atom stereocenters. The minimum absolute atomic E-state index is 0.132. The van der Waals surface area contributed by atoms with Gasteiger partial charge in [-0.2, -0.15) is 0 Å². The standard InChI is InChI=1S/C21H21N7O2S/c1-3-12-27-19(13-28-18-7-5-4-6-17(18)23-26-28)24-25-21(27)31-14-20(29)22-15-8-10-16(30-2)11-9-15/h3-11H,1,12-14H2,2H3,(H,22,29). The molecule has 0 aliphatic carbocycles. The Morgan fingerprint density at radius 2 is 1.97 bits per heavy atom. The maximum absolute atomic E-state index is 12.4. The Morgan fingerprint density at radius 1 is 1.16 bits per heavy atom. The van der Waals surface area contributed by atoms with Crippen LogP contribution in [0.2, 0.25) is 0 Å². The van der Waals surface area contributed by atoms with Gasteiger partial charge in [0.05, 0.1) is 18.4 Å². The number of methoxy groups -OCH3 is 1. The van der Waals surface area contributed by atoms with Gasteiger partial charge in [-0.3, -0.25) is 4.79 Å². The molecule has 4 rings (SSSR count). The van der Waals surface area contributed by atoms with E-state index in [0.29, 0.717) is 29.8 Å². The highest BCUT2D eigenvalue weighted by Gasteiger charge is 2.15. The maximum atomic E-state index is 12.4. The molecule has 0 aliphatic rings. The van der Waals surface area contributed by atoms with E-state index in [4.69, 9.17) is 4.74 Å². The number of nitrogens with zero attached hydrogens (tertiary/aromatic N) is 6. The van der Waals surface area contributed by atoms with Crippen LogP contribution in [-0.2, 0) is 17.9 Å². The van der Waals surface area contributed by atoms with Gasteiger partial charge in [0, 0.05) is 12.2 Å². The smallest absolute Gasteiger partial charge is 0.234 e. The van der Waals surface area contributed by atoms with Crippen LogP contribution in [0, 0.1) is 0 Å². The van der Waals surface area contributed by atoms with E-state index < -0.39 is 0 Å². The van der Waals surface area contributed by atoms with Gasteiger partial charge in [-0.15, -0.1) is 21.9 Å². The molecule has 2 aromatic carbocycles. The van der Waals surface area contributed by atoms with Gasteiger partial charge < -0.3 is 14.6 Å². The first-order valence-electron chi connectivity index (χ1n) is 9.56. The Hall–Kier alpha value is -3.66. The number of para-hydroxylation sites is 1. The number of benzene rings is 2. The lowest BCUT2D eigenvalue weighted by molar-refractivity contribution is -0.113. The molecule has 0 saturated carbocycles. The van der Waals surface area contributed by atoms with Gasteiger partial charge in [-0.25, -0.2) is 4.68 Å². The summed E-state index contributed by atoms with van der Waals surface area (Å²) in [6.07, 6.45) is 1.77. The highest BCUT2D eigenvalue weighted by Crippen LogP contribution is 2.20. The van der Waals surface area contributed by atoms with Gasteiger partial charge in [0.1, 0.15) is 17.8 Å². The summed E-state index contributed by atoms with van der Waals surface area (Å²) in [7, 11) is 1.60. The van der Waals surface area contributed by atoms with E-state index in [1.807, 2.05) is 28.8 Å². The van der Waals surface area contributed by atoms with Gasteiger partial charge in [0.25, 0.3) is 0 Å². The molecule has 1 amide bonds. The van der Waals surface area contributed by atoms with Crippen molar-refractivity contribution >= 4 is 34.4 Å². The van der Waals surface area contributed by atoms with Crippen LogP contribution in [0.3, 0.4) is 0 Å². The summed E-state index contributed by atoms with van der Waals surface area (Å²) >= 11 is 1.32. The third-order valence-electron chi connectivity index (χ3n) is 4.52. The van der Waals surface area contributed by atoms with Crippen molar-refractivity contribution < 1.29 is 9.53 Å². The Bertz CT molecular complexity index is 1200. The summed E-state index contributed by atoms with van der Waals surface area (Å²) in [6.45, 7) is 4.76. The molecule has 0 aliphatic heterocycles. The lowest BCUT2D eigenvalue weighted by Crippen LogP contribution is -2.15. The molecule has 9 nitrogen and oxygen atoms in total. The number of ether oxygens (including phenoxy) is 1. The quantitative estimate of drug-likeness (QED) is 0.319. The van der Waals surface area contributed by atoms with Gasteiger partial charge in [-0.05, 0) is 36.4 Å². The van der Waals surface area contributed by atoms with Crippen LogP contribution in [0.1, 0.15) is 5.82 Å². The number of carbonyl (C=O) groups is 1. The Labute approximate surface area is 183 Å². The second-order valence-corrected chi connectivity index (χ2v) is 7.54. The van der Waals surface area contributed by atoms with E-state index in [9.17, 15) is 4.79 Å². The van der Waals surface area contributed by atoms with Crippen molar-refractivity contribution in [1.82, 2.24) is 29.8 Å². The molecular formula is C21H21N7O2S. The fraction of sp³-hybridized carbons (Fsp3) is 0.190. The molecule has 1 N–H and O–H groups in total. The predicted octanol–water partition coefficient (Wildman–Crippen LogP) is 3.00. The molecule has 0 saturated heterocycles. The van der Waals surface area contributed by atoms with E-state index in [-0.39, 0.29) is 11.7 Å². The zero-order valence-electron chi connectivity index (χ0n) is 16.9. The zero-order chi connectivity index (χ0) is 21.6.